The van der Waals surface area contributed by atoms with E-state index in [1.165, 1.54) is 0 Å². The van der Waals surface area contributed by atoms with Gasteiger partial charge < -0.3 is 4.79 Å². The van der Waals surface area contributed by atoms with Crippen molar-refractivity contribution in [1.82, 2.24) is 0 Å². The smallest absolute Gasteiger partial charge is 0.124 e. The minimum atomic E-state index is 0.507. The van der Waals surface area contributed by atoms with E-state index in [2.05, 4.69) is 6.58 Å². The summed E-state index contributed by atoms with van der Waals surface area (Å²) in [6, 6.07) is 0. The summed E-state index contributed by atoms with van der Waals surface area (Å²) in [6.45, 7) is 3.53. The Kier molecular flexibility index (Phi) is 5.32. The van der Waals surface area contributed by atoms with Gasteiger partial charge in [-0.3, -0.25) is 0 Å². The summed E-state index contributed by atoms with van der Waals surface area (Å²) in [5.41, 5.74) is 0. The minimum absolute atomic E-state index is 0.507. The van der Waals surface area contributed by atoms with E-state index in [1.54, 1.807) is 17.8 Å². The van der Waals surface area contributed by atoms with Crippen LogP contribution in [0.5, 0.6) is 0 Å². The number of carbonyl (C=O) groups excluding carboxylic acids is 1. The van der Waals surface area contributed by atoms with E-state index in [0.29, 0.717) is 6.42 Å². The van der Waals surface area contributed by atoms with Crippen LogP contribution in [0.15, 0.2) is 23.6 Å². The largest absolute Gasteiger partial charge is 0.303 e. The van der Waals surface area contributed by atoms with Gasteiger partial charge in [0.05, 0.1) is 0 Å². The summed E-state index contributed by atoms with van der Waals surface area (Å²) in [5, 5.41) is 0. The van der Waals surface area contributed by atoms with Gasteiger partial charge in [-0.15, -0.1) is 11.8 Å². The topological polar surface area (TPSA) is 17.1 Å². The highest BCUT2D eigenvalue weighted by Crippen LogP contribution is 2.13. The summed E-state index contributed by atoms with van der Waals surface area (Å²) < 4.78 is 0. The molecule has 0 aliphatic rings. The van der Waals surface area contributed by atoms with Crippen LogP contribution >= 0.6 is 11.8 Å². The Bertz CT molecular complexity index is 127. The van der Waals surface area contributed by atoms with Crippen molar-refractivity contribution in [3.05, 3.63) is 23.6 Å². The van der Waals surface area contributed by atoms with Crippen LogP contribution in [0, 0.1) is 0 Å². The van der Waals surface area contributed by atoms with Gasteiger partial charge in [0.25, 0.3) is 0 Å². The molecule has 50 valence electrons. The quantitative estimate of drug-likeness (QED) is 0.441. The molecule has 0 radical (unpaired) electrons. The van der Waals surface area contributed by atoms with Crippen LogP contribution in [0.1, 0.15) is 6.42 Å². The van der Waals surface area contributed by atoms with Crippen molar-refractivity contribution in [1.29, 1.82) is 0 Å². The zero-order valence-corrected chi connectivity index (χ0v) is 6.28. The average Bonchev–Trinajstić information content (AvgIpc) is 1.88. The molecular formula is C7H10OS. The molecule has 0 saturated carbocycles. The van der Waals surface area contributed by atoms with Crippen molar-refractivity contribution < 1.29 is 4.79 Å². The number of hydrogen-bond acceptors (Lipinski definition) is 2. The zero-order valence-electron chi connectivity index (χ0n) is 5.46. The molecule has 0 atom stereocenters. The first-order chi connectivity index (χ1) is 4.35. The van der Waals surface area contributed by atoms with E-state index in [0.717, 1.165) is 11.2 Å². The first kappa shape index (κ1) is 8.50. The molecule has 0 heterocycles. The summed E-state index contributed by atoms with van der Waals surface area (Å²) in [5.74, 6) is 0. The molecule has 0 rings (SSSR count). The van der Waals surface area contributed by atoms with Crippen molar-refractivity contribution in [3.8, 4) is 0 Å². The van der Waals surface area contributed by atoms with Gasteiger partial charge in [-0.25, -0.2) is 0 Å². The van der Waals surface area contributed by atoms with Crippen LogP contribution in [0.3, 0.4) is 0 Å². The first-order valence-corrected chi connectivity index (χ1v) is 3.86. The molecule has 0 unspecified atom stereocenters. The highest BCUT2D eigenvalue weighted by Gasteiger charge is 1.88. The molecule has 2 heteroatoms. The highest BCUT2D eigenvalue weighted by molar-refractivity contribution is 8.02. The van der Waals surface area contributed by atoms with Crippen molar-refractivity contribution in [2.24, 2.45) is 0 Å². The Morgan fingerprint density at radius 3 is 2.78 bits per heavy atom. The first-order valence-electron chi connectivity index (χ1n) is 2.64. The molecule has 1 nitrogen and oxygen atoms in total. The number of hydrogen-bond donors (Lipinski definition) is 0. The Morgan fingerprint density at radius 1 is 1.78 bits per heavy atom. The SMILES string of the molecule is C=C/C=C(/CC=O)SC. The number of aldehydes is 1. The fourth-order valence-corrected chi connectivity index (χ4v) is 0.900. The van der Waals surface area contributed by atoms with Crippen molar-refractivity contribution in [2.75, 3.05) is 6.26 Å². The molecule has 0 aromatic rings. The monoisotopic (exact) mass is 142 g/mol. The maximum Gasteiger partial charge on any atom is 0.124 e. The van der Waals surface area contributed by atoms with Gasteiger partial charge in [-0.1, -0.05) is 18.7 Å². The molecular weight excluding hydrogens is 132 g/mol. The van der Waals surface area contributed by atoms with Gasteiger partial charge in [0.2, 0.25) is 0 Å². The van der Waals surface area contributed by atoms with Gasteiger partial charge in [-0.05, 0) is 11.2 Å². The van der Waals surface area contributed by atoms with Crippen LogP contribution in [0.4, 0.5) is 0 Å². The van der Waals surface area contributed by atoms with E-state index in [9.17, 15) is 4.79 Å². The molecule has 0 aromatic heterocycles. The predicted molar refractivity (Wildman–Crippen MR) is 42.5 cm³/mol. The maximum atomic E-state index is 9.96. The van der Waals surface area contributed by atoms with Gasteiger partial charge in [0, 0.05) is 6.42 Å². The number of allylic oxidation sites excluding steroid dienone is 3. The van der Waals surface area contributed by atoms with Crippen LogP contribution in [-0.2, 0) is 4.79 Å². The lowest BCUT2D eigenvalue weighted by atomic mass is 10.4. The molecule has 0 aliphatic heterocycles. The zero-order chi connectivity index (χ0) is 7.11. The standard InChI is InChI=1S/C7H10OS/c1-3-4-7(9-2)5-6-8/h3-4,6H,1,5H2,2H3/b7-4-. The van der Waals surface area contributed by atoms with Crippen LogP contribution in [0.2, 0.25) is 0 Å². The second-order valence-electron chi connectivity index (χ2n) is 1.44. The van der Waals surface area contributed by atoms with Crippen molar-refractivity contribution in [2.45, 2.75) is 6.42 Å². The average molecular weight is 142 g/mol. The third kappa shape index (κ3) is 4.03. The minimum Gasteiger partial charge on any atom is -0.303 e. The number of carbonyl (C=O) groups is 1. The molecule has 9 heavy (non-hydrogen) atoms. The summed E-state index contributed by atoms with van der Waals surface area (Å²) >= 11 is 1.58. The fourth-order valence-electron chi connectivity index (χ4n) is 0.433. The van der Waals surface area contributed by atoms with E-state index < -0.39 is 0 Å². The molecule has 0 aliphatic carbocycles. The maximum absolute atomic E-state index is 9.96. The summed E-state index contributed by atoms with van der Waals surface area (Å²) in [4.78, 5) is 11.0. The van der Waals surface area contributed by atoms with Gasteiger partial charge in [-0.2, -0.15) is 0 Å². The normalized spacial score (nSPS) is 11.0. The Labute approximate surface area is 59.8 Å². The van der Waals surface area contributed by atoms with Gasteiger partial charge >= 0.3 is 0 Å². The molecule has 0 spiro atoms. The highest BCUT2D eigenvalue weighted by atomic mass is 32.2. The van der Waals surface area contributed by atoms with Crippen LogP contribution in [-0.4, -0.2) is 12.5 Å². The lowest BCUT2D eigenvalue weighted by Gasteiger charge is -1.92. The van der Waals surface area contributed by atoms with Crippen LogP contribution < -0.4 is 0 Å². The fraction of sp³-hybridized carbons (Fsp3) is 0.286. The van der Waals surface area contributed by atoms with E-state index >= 15 is 0 Å². The van der Waals surface area contributed by atoms with Gasteiger partial charge in [0.1, 0.15) is 6.29 Å². The molecule has 0 bridgehead atoms. The molecule has 0 aromatic carbocycles. The van der Waals surface area contributed by atoms with Crippen LogP contribution in [0.25, 0.3) is 0 Å². The Morgan fingerprint density at radius 2 is 2.44 bits per heavy atom. The summed E-state index contributed by atoms with van der Waals surface area (Å²) in [6.07, 6.45) is 6.88. The predicted octanol–water partition coefficient (Wildman–Crippen LogP) is 2.01. The Balaban J connectivity index is 3.79. The third-order valence-electron chi connectivity index (χ3n) is 0.850. The third-order valence-corrected chi connectivity index (χ3v) is 1.68. The molecule has 0 N–H and O–H groups in total. The van der Waals surface area contributed by atoms with E-state index in [1.807, 2.05) is 12.3 Å². The van der Waals surface area contributed by atoms with Crippen molar-refractivity contribution in [3.63, 3.8) is 0 Å². The molecule has 0 fully saturated rings. The lowest BCUT2D eigenvalue weighted by molar-refractivity contribution is -0.107. The molecule has 0 amide bonds. The van der Waals surface area contributed by atoms with Gasteiger partial charge in [0.15, 0.2) is 0 Å². The van der Waals surface area contributed by atoms with Crippen molar-refractivity contribution >= 4 is 18.0 Å². The number of thioether (sulfide) groups is 1. The summed E-state index contributed by atoms with van der Waals surface area (Å²) in [7, 11) is 0. The Hall–Kier alpha value is -0.500. The lowest BCUT2D eigenvalue weighted by Crippen LogP contribution is -1.75. The second-order valence-corrected chi connectivity index (χ2v) is 2.38. The number of rotatable bonds is 4. The van der Waals surface area contributed by atoms with E-state index in [4.69, 9.17) is 0 Å². The molecule has 0 saturated heterocycles. The van der Waals surface area contributed by atoms with E-state index in [-0.39, 0.29) is 0 Å². The second kappa shape index (κ2) is 5.63.